The van der Waals surface area contributed by atoms with E-state index in [0.29, 0.717) is 17.0 Å². The lowest BCUT2D eigenvalue weighted by Crippen LogP contribution is -2.15. The van der Waals surface area contributed by atoms with Crippen molar-refractivity contribution in [2.24, 2.45) is 0 Å². The van der Waals surface area contributed by atoms with Crippen molar-refractivity contribution in [1.82, 2.24) is 0 Å². The summed E-state index contributed by atoms with van der Waals surface area (Å²) in [6.07, 6.45) is 0. The van der Waals surface area contributed by atoms with E-state index in [1.807, 2.05) is 0 Å². The van der Waals surface area contributed by atoms with Crippen LogP contribution in [0.1, 0.15) is 42.9 Å². The van der Waals surface area contributed by atoms with E-state index in [4.69, 9.17) is 9.47 Å². The predicted molar refractivity (Wildman–Crippen MR) is 120 cm³/mol. The average molecular weight is 456 g/mol. The third kappa shape index (κ3) is 5.12. The molecule has 1 heterocycles. The molecule has 2 aromatic carbocycles. The highest BCUT2D eigenvalue weighted by Crippen LogP contribution is 2.35. The lowest BCUT2D eigenvalue weighted by atomic mass is 10.1. The normalized spacial score (nSPS) is 10.4. The van der Waals surface area contributed by atoms with Gasteiger partial charge in [-0.05, 0) is 61.9 Å². The van der Waals surface area contributed by atoms with E-state index in [-0.39, 0.29) is 27.6 Å². The SMILES string of the molecule is CCOC(=O)c1c(NC(=O)c2cccc(F)c2)sc(C(=O)Nc2ccc(OC)cc2)c1C. The van der Waals surface area contributed by atoms with Crippen molar-refractivity contribution in [2.45, 2.75) is 13.8 Å². The number of hydrogen-bond donors (Lipinski definition) is 2. The summed E-state index contributed by atoms with van der Waals surface area (Å²) < 4.78 is 23.7. The summed E-state index contributed by atoms with van der Waals surface area (Å²) in [6.45, 7) is 3.38. The summed E-state index contributed by atoms with van der Waals surface area (Å²) in [4.78, 5) is 38.3. The fourth-order valence-electron chi connectivity index (χ4n) is 2.93. The number of carbonyl (C=O) groups is 3. The van der Waals surface area contributed by atoms with Crippen LogP contribution in [0.5, 0.6) is 5.75 Å². The zero-order valence-corrected chi connectivity index (χ0v) is 18.5. The highest BCUT2D eigenvalue weighted by Gasteiger charge is 2.27. The first-order chi connectivity index (χ1) is 15.3. The van der Waals surface area contributed by atoms with Gasteiger partial charge in [-0.25, -0.2) is 9.18 Å². The minimum absolute atomic E-state index is 0.0788. The summed E-state index contributed by atoms with van der Waals surface area (Å²) in [5.74, 6) is -1.65. The van der Waals surface area contributed by atoms with Crippen LogP contribution in [0.4, 0.5) is 15.1 Å². The molecule has 9 heteroatoms. The van der Waals surface area contributed by atoms with E-state index < -0.39 is 23.6 Å². The van der Waals surface area contributed by atoms with Gasteiger partial charge < -0.3 is 20.1 Å². The largest absolute Gasteiger partial charge is 0.497 e. The molecule has 2 amide bonds. The van der Waals surface area contributed by atoms with Crippen LogP contribution < -0.4 is 15.4 Å². The van der Waals surface area contributed by atoms with Gasteiger partial charge in [0.1, 0.15) is 16.6 Å². The highest BCUT2D eigenvalue weighted by atomic mass is 32.1. The van der Waals surface area contributed by atoms with Crippen LogP contribution in [0.2, 0.25) is 0 Å². The molecule has 2 N–H and O–H groups in total. The van der Waals surface area contributed by atoms with Crippen LogP contribution in [0.3, 0.4) is 0 Å². The van der Waals surface area contributed by atoms with Crippen molar-refractivity contribution in [3.8, 4) is 5.75 Å². The summed E-state index contributed by atoms with van der Waals surface area (Å²) in [5, 5.41) is 5.51. The summed E-state index contributed by atoms with van der Waals surface area (Å²) in [7, 11) is 1.54. The molecule has 3 rings (SSSR count). The molecule has 1 aromatic heterocycles. The van der Waals surface area contributed by atoms with Crippen molar-refractivity contribution in [1.29, 1.82) is 0 Å². The van der Waals surface area contributed by atoms with E-state index in [9.17, 15) is 18.8 Å². The zero-order chi connectivity index (χ0) is 23.3. The Morgan fingerprint density at radius 1 is 1.03 bits per heavy atom. The van der Waals surface area contributed by atoms with Crippen LogP contribution in [0.15, 0.2) is 48.5 Å². The number of rotatable bonds is 7. The number of halogens is 1. The molecule has 0 fully saturated rings. The first-order valence-electron chi connectivity index (χ1n) is 9.66. The number of amides is 2. The molecule has 0 aliphatic heterocycles. The van der Waals surface area contributed by atoms with E-state index in [0.717, 1.165) is 17.4 Å². The van der Waals surface area contributed by atoms with Gasteiger partial charge in [0.2, 0.25) is 0 Å². The number of hydrogen-bond acceptors (Lipinski definition) is 6. The minimum Gasteiger partial charge on any atom is -0.497 e. The number of thiophene rings is 1. The Bertz CT molecular complexity index is 1160. The van der Waals surface area contributed by atoms with Crippen LogP contribution >= 0.6 is 11.3 Å². The molecule has 0 radical (unpaired) electrons. The van der Waals surface area contributed by atoms with E-state index in [1.54, 1.807) is 45.2 Å². The Morgan fingerprint density at radius 3 is 2.38 bits per heavy atom. The molecule has 0 aliphatic carbocycles. The number of methoxy groups -OCH3 is 1. The number of nitrogens with one attached hydrogen (secondary N) is 2. The van der Waals surface area contributed by atoms with Gasteiger partial charge in [-0.2, -0.15) is 0 Å². The third-order valence-corrected chi connectivity index (χ3v) is 5.70. The lowest BCUT2D eigenvalue weighted by Gasteiger charge is -2.07. The summed E-state index contributed by atoms with van der Waals surface area (Å²) in [6, 6.07) is 11.9. The Kier molecular flexibility index (Phi) is 7.21. The fourth-order valence-corrected chi connectivity index (χ4v) is 4.02. The quantitative estimate of drug-likeness (QED) is 0.494. The van der Waals surface area contributed by atoms with Gasteiger partial charge in [0.05, 0.1) is 24.2 Å². The van der Waals surface area contributed by atoms with Gasteiger partial charge in [-0.1, -0.05) is 6.07 Å². The smallest absolute Gasteiger partial charge is 0.341 e. The first-order valence-corrected chi connectivity index (χ1v) is 10.5. The second-order valence-corrected chi connectivity index (χ2v) is 7.65. The maximum atomic E-state index is 13.5. The number of esters is 1. The standard InChI is InChI=1S/C23H21FN2O5S/c1-4-31-23(29)18-13(2)19(21(28)25-16-8-10-17(30-3)11-9-16)32-22(18)26-20(27)14-6-5-7-15(24)12-14/h5-12H,4H2,1-3H3,(H,25,28)(H,26,27). The molecular formula is C23H21FN2O5S. The maximum Gasteiger partial charge on any atom is 0.341 e. The molecule has 166 valence electrons. The fraction of sp³-hybridized carbons (Fsp3) is 0.174. The predicted octanol–water partition coefficient (Wildman–Crippen LogP) is 4.89. The molecular weight excluding hydrogens is 435 g/mol. The molecule has 0 spiro atoms. The van der Waals surface area contributed by atoms with Crippen molar-refractivity contribution in [3.63, 3.8) is 0 Å². The molecule has 32 heavy (non-hydrogen) atoms. The summed E-state index contributed by atoms with van der Waals surface area (Å²) in [5.41, 5.74) is 1.07. The van der Waals surface area contributed by atoms with E-state index >= 15 is 0 Å². The number of ether oxygens (including phenoxy) is 2. The van der Waals surface area contributed by atoms with Crippen molar-refractivity contribution >= 4 is 39.8 Å². The molecule has 0 atom stereocenters. The Morgan fingerprint density at radius 2 is 1.75 bits per heavy atom. The van der Waals surface area contributed by atoms with Crippen molar-refractivity contribution < 1.29 is 28.2 Å². The lowest BCUT2D eigenvalue weighted by molar-refractivity contribution is 0.0527. The van der Waals surface area contributed by atoms with Crippen molar-refractivity contribution in [2.75, 3.05) is 24.4 Å². The molecule has 0 aliphatic rings. The van der Waals surface area contributed by atoms with Gasteiger partial charge in [-0.15, -0.1) is 11.3 Å². The van der Waals surface area contributed by atoms with Gasteiger partial charge in [-0.3, -0.25) is 9.59 Å². The second-order valence-electron chi connectivity index (χ2n) is 6.63. The van der Waals surface area contributed by atoms with E-state index in [1.165, 1.54) is 18.2 Å². The Balaban J connectivity index is 1.92. The van der Waals surface area contributed by atoms with Crippen LogP contribution in [0.25, 0.3) is 0 Å². The topological polar surface area (TPSA) is 93.7 Å². The van der Waals surface area contributed by atoms with Crippen LogP contribution in [0, 0.1) is 12.7 Å². The van der Waals surface area contributed by atoms with Crippen LogP contribution in [-0.2, 0) is 4.74 Å². The molecule has 0 saturated carbocycles. The number of benzene rings is 2. The second kappa shape index (κ2) is 10.1. The van der Waals surface area contributed by atoms with Gasteiger partial charge in [0.15, 0.2) is 0 Å². The monoisotopic (exact) mass is 456 g/mol. The van der Waals surface area contributed by atoms with Crippen molar-refractivity contribution in [3.05, 3.63) is 75.9 Å². The van der Waals surface area contributed by atoms with Gasteiger partial charge >= 0.3 is 5.97 Å². The molecule has 7 nitrogen and oxygen atoms in total. The van der Waals surface area contributed by atoms with E-state index in [2.05, 4.69) is 10.6 Å². The average Bonchev–Trinajstić information content (AvgIpc) is 3.10. The molecule has 0 saturated heterocycles. The Hall–Kier alpha value is -3.72. The van der Waals surface area contributed by atoms with Gasteiger partial charge in [0.25, 0.3) is 11.8 Å². The third-order valence-electron chi connectivity index (χ3n) is 4.49. The van der Waals surface area contributed by atoms with Crippen LogP contribution in [-0.4, -0.2) is 31.5 Å². The highest BCUT2D eigenvalue weighted by molar-refractivity contribution is 7.19. The van der Waals surface area contributed by atoms with Gasteiger partial charge in [0, 0.05) is 11.3 Å². The minimum atomic E-state index is -0.667. The number of carbonyl (C=O) groups excluding carboxylic acids is 3. The molecule has 3 aromatic rings. The zero-order valence-electron chi connectivity index (χ0n) is 17.7. The molecule has 0 unspecified atom stereocenters. The number of anilines is 2. The Labute approximate surface area is 188 Å². The first kappa shape index (κ1) is 23.0. The summed E-state index contributed by atoms with van der Waals surface area (Å²) >= 11 is 0.939. The molecule has 0 bridgehead atoms. The maximum absolute atomic E-state index is 13.5.